The molecule has 9 nitrogen and oxygen atoms in total. The highest BCUT2D eigenvalue weighted by molar-refractivity contribution is 6.34. The maximum absolute atomic E-state index is 6.62. The monoisotopic (exact) mass is 412 g/mol. The SMILES string of the molecule is CO[C@@H]1CCCN1c1c(C(C)n2cnc3c(N)ncnc32)cc(Cl)c2cncn12. The normalized spacial score (nSPS) is 18.2. The van der Waals surface area contributed by atoms with E-state index in [4.69, 9.17) is 22.1 Å². The first-order chi connectivity index (χ1) is 14.1. The molecule has 2 N–H and O–H groups in total. The van der Waals surface area contributed by atoms with Crippen molar-refractivity contribution >= 4 is 39.9 Å². The summed E-state index contributed by atoms with van der Waals surface area (Å²) in [6.07, 6.45) is 8.81. The third-order valence-electron chi connectivity index (χ3n) is 5.65. The van der Waals surface area contributed by atoms with Gasteiger partial charge in [-0.1, -0.05) is 11.6 Å². The fourth-order valence-electron chi connectivity index (χ4n) is 4.19. The third kappa shape index (κ3) is 2.72. The highest BCUT2D eigenvalue weighted by Gasteiger charge is 2.31. The number of nitrogens with two attached hydrogens (primary N) is 1. The number of aromatic nitrogens is 6. The second-order valence-corrected chi connectivity index (χ2v) is 7.61. The zero-order chi connectivity index (χ0) is 20.1. The Morgan fingerprint density at radius 2 is 2.14 bits per heavy atom. The summed E-state index contributed by atoms with van der Waals surface area (Å²) in [5, 5.41) is 0.639. The Bertz CT molecular complexity index is 1200. The number of anilines is 2. The van der Waals surface area contributed by atoms with Crippen molar-refractivity contribution in [3.63, 3.8) is 0 Å². The van der Waals surface area contributed by atoms with E-state index in [1.807, 2.05) is 15.0 Å². The van der Waals surface area contributed by atoms with Crippen molar-refractivity contribution in [2.24, 2.45) is 0 Å². The number of halogens is 1. The minimum Gasteiger partial charge on any atom is -0.382 e. The van der Waals surface area contributed by atoms with Crippen LogP contribution in [0.1, 0.15) is 31.4 Å². The molecule has 5 heterocycles. The van der Waals surface area contributed by atoms with Gasteiger partial charge in [0.1, 0.15) is 30.2 Å². The molecule has 29 heavy (non-hydrogen) atoms. The Morgan fingerprint density at radius 1 is 1.28 bits per heavy atom. The van der Waals surface area contributed by atoms with Crippen molar-refractivity contribution < 1.29 is 4.74 Å². The molecule has 0 amide bonds. The molecule has 0 spiro atoms. The molecular weight excluding hydrogens is 392 g/mol. The van der Waals surface area contributed by atoms with Gasteiger partial charge in [-0.2, -0.15) is 0 Å². The molecule has 1 unspecified atom stereocenters. The predicted octanol–water partition coefficient (Wildman–Crippen LogP) is 2.89. The fraction of sp³-hybridized carbons (Fsp3) is 0.368. The van der Waals surface area contributed by atoms with Crippen LogP contribution in [0.4, 0.5) is 11.6 Å². The second kappa shape index (κ2) is 6.85. The molecule has 0 bridgehead atoms. The lowest BCUT2D eigenvalue weighted by molar-refractivity contribution is 0.110. The maximum atomic E-state index is 6.62. The summed E-state index contributed by atoms with van der Waals surface area (Å²) in [5.74, 6) is 1.38. The highest BCUT2D eigenvalue weighted by atomic mass is 35.5. The smallest absolute Gasteiger partial charge is 0.165 e. The van der Waals surface area contributed by atoms with Crippen LogP contribution >= 0.6 is 11.6 Å². The average Bonchev–Trinajstić information content (AvgIpc) is 3.46. The molecule has 5 rings (SSSR count). The van der Waals surface area contributed by atoms with Gasteiger partial charge < -0.3 is 19.9 Å². The van der Waals surface area contributed by atoms with Crippen LogP contribution in [0.15, 0.2) is 31.2 Å². The molecule has 2 atom stereocenters. The Kier molecular flexibility index (Phi) is 4.29. The van der Waals surface area contributed by atoms with Crippen LogP contribution in [0.25, 0.3) is 16.7 Å². The van der Waals surface area contributed by atoms with E-state index >= 15 is 0 Å². The number of hydrogen-bond donors (Lipinski definition) is 1. The van der Waals surface area contributed by atoms with Crippen molar-refractivity contribution in [2.45, 2.75) is 32.0 Å². The van der Waals surface area contributed by atoms with Crippen molar-refractivity contribution in [1.29, 1.82) is 0 Å². The van der Waals surface area contributed by atoms with Crippen LogP contribution in [0.3, 0.4) is 0 Å². The molecule has 0 saturated carbocycles. The molecular formula is C19H21ClN8O. The summed E-state index contributed by atoms with van der Waals surface area (Å²) >= 11 is 6.62. The fourth-order valence-corrected chi connectivity index (χ4v) is 4.45. The number of nitrogen functional groups attached to an aromatic ring is 1. The van der Waals surface area contributed by atoms with E-state index in [1.165, 1.54) is 6.33 Å². The lowest BCUT2D eigenvalue weighted by atomic mass is 10.1. The summed E-state index contributed by atoms with van der Waals surface area (Å²) in [7, 11) is 1.75. The quantitative estimate of drug-likeness (QED) is 0.550. The van der Waals surface area contributed by atoms with Gasteiger partial charge in [-0.05, 0) is 25.8 Å². The first-order valence-electron chi connectivity index (χ1n) is 9.47. The van der Waals surface area contributed by atoms with E-state index in [1.54, 1.807) is 26.0 Å². The Morgan fingerprint density at radius 3 is 2.97 bits per heavy atom. The summed E-state index contributed by atoms with van der Waals surface area (Å²) in [6.45, 7) is 2.99. The lowest BCUT2D eigenvalue weighted by Gasteiger charge is -2.30. The van der Waals surface area contributed by atoms with E-state index in [0.717, 1.165) is 36.3 Å². The van der Waals surface area contributed by atoms with Gasteiger partial charge in [-0.25, -0.2) is 19.9 Å². The first-order valence-corrected chi connectivity index (χ1v) is 9.85. The summed E-state index contributed by atoms with van der Waals surface area (Å²) in [4.78, 5) is 19.5. The Balaban J connectivity index is 1.73. The van der Waals surface area contributed by atoms with E-state index in [2.05, 4.69) is 31.8 Å². The zero-order valence-corrected chi connectivity index (χ0v) is 16.9. The number of imidazole rings is 2. The van der Waals surface area contributed by atoms with Gasteiger partial charge in [0.15, 0.2) is 11.5 Å². The number of pyridine rings is 1. The van der Waals surface area contributed by atoms with Gasteiger partial charge in [-0.3, -0.25) is 4.40 Å². The molecule has 0 radical (unpaired) electrons. The zero-order valence-electron chi connectivity index (χ0n) is 16.2. The second-order valence-electron chi connectivity index (χ2n) is 7.21. The molecule has 150 valence electrons. The summed E-state index contributed by atoms with van der Waals surface area (Å²) in [6, 6.07) is 1.90. The molecule has 10 heteroatoms. The van der Waals surface area contributed by atoms with E-state index in [-0.39, 0.29) is 12.3 Å². The number of fused-ring (bicyclic) bond motifs is 2. The topological polar surface area (TPSA) is 99.4 Å². The minimum atomic E-state index is -0.105. The number of methoxy groups -OCH3 is 1. The van der Waals surface area contributed by atoms with Crippen molar-refractivity contribution in [1.82, 2.24) is 28.9 Å². The Labute approximate surface area is 172 Å². The predicted molar refractivity (Wildman–Crippen MR) is 111 cm³/mol. The van der Waals surface area contributed by atoms with E-state index in [0.29, 0.717) is 22.0 Å². The van der Waals surface area contributed by atoms with Crippen molar-refractivity contribution in [3.05, 3.63) is 41.8 Å². The molecule has 4 aromatic heterocycles. The van der Waals surface area contributed by atoms with Crippen molar-refractivity contribution in [3.8, 4) is 0 Å². The van der Waals surface area contributed by atoms with Gasteiger partial charge in [0.05, 0.1) is 29.1 Å². The van der Waals surface area contributed by atoms with E-state index in [9.17, 15) is 0 Å². The lowest BCUT2D eigenvalue weighted by Crippen LogP contribution is -2.33. The number of nitrogens with zero attached hydrogens (tertiary/aromatic N) is 7. The average molecular weight is 413 g/mol. The minimum absolute atomic E-state index is 0.00484. The van der Waals surface area contributed by atoms with Crippen LogP contribution in [0, 0.1) is 0 Å². The van der Waals surface area contributed by atoms with Crippen molar-refractivity contribution in [2.75, 3.05) is 24.3 Å². The van der Waals surface area contributed by atoms with Crippen LogP contribution < -0.4 is 10.6 Å². The summed E-state index contributed by atoms with van der Waals surface area (Å²) < 4.78 is 9.77. The van der Waals surface area contributed by atoms with E-state index < -0.39 is 0 Å². The van der Waals surface area contributed by atoms with Gasteiger partial charge in [-0.15, -0.1) is 0 Å². The molecule has 1 saturated heterocycles. The molecule has 1 fully saturated rings. The van der Waals surface area contributed by atoms with Crippen LogP contribution in [0.5, 0.6) is 0 Å². The van der Waals surface area contributed by atoms with Crippen LogP contribution in [-0.2, 0) is 4.74 Å². The summed E-state index contributed by atoms with van der Waals surface area (Å²) in [5.41, 5.74) is 9.14. The van der Waals surface area contributed by atoms with Gasteiger partial charge in [0.25, 0.3) is 0 Å². The third-order valence-corrected chi connectivity index (χ3v) is 5.95. The number of rotatable bonds is 4. The maximum Gasteiger partial charge on any atom is 0.165 e. The van der Waals surface area contributed by atoms with Crippen LogP contribution in [0.2, 0.25) is 5.02 Å². The number of hydrogen-bond acceptors (Lipinski definition) is 7. The molecule has 0 aliphatic carbocycles. The largest absolute Gasteiger partial charge is 0.382 e. The van der Waals surface area contributed by atoms with Crippen LogP contribution in [-0.4, -0.2) is 48.8 Å². The highest BCUT2D eigenvalue weighted by Crippen LogP contribution is 2.38. The van der Waals surface area contributed by atoms with Gasteiger partial charge in [0, 0.05) is 19.2 Å². The molecule has 4 aromatic rings. The Hall–Kier alpha value is -2.91. The molecule has 1 aliphatic rings. The molecule has 0 aromatic carbocycles. The standard InChI is InChI=1S/C19H21ClN8O/c1-11(27-10-25-16-17(21)23-8-24-18(16)27)12-6-13(20)14-7-22-9-28(14)19(12)26-5-3-4-15(26)29-2/h6-11,15H,3-5H2,1-2H3,(H2,21,23,24)/t11?,15-/m1/s1. The molecule has 1 aliphatic heterocycles. The van der Waals surface area contributed by atoms with Gasteiger partial charge in [0.2, 0.25) is 0 Å². The first kappa shape index (κ1) is 18.1. The van der Waals surface area contributed by atoms with Gasteiger partial charge >= 0.3 is 0 Å². The number of ether oxygens (including phenoxy) is 1.